The van der Waals surface area contributed by atoms with Crippen molar-refractivity contribution in [2.75, 3.05) is 6.61 Å². The normalized spacial score (nSPS) is 36.7. The number of hydrogen-bond donors (Lipinski definition) is 2. The lowest BCUT2D eigenvalue weighted by Gasteiger charge is -2.26. The molecule has 0 aromatic carbocycles. The first-order valence-corrected chi connectivity index (χ1v) is 3.70. The summed E-state index contributed by atoms with van der Waals surface area (Å²) in [6.45, 7) is 2.46. The summed E-state index contributed by atoms with van der Waals surface area (Å²) in [4.78, 5) is 0. The summed E-state index contributed by atoms with van der Waals surface area (Å²) in [6.07, 6.45) is 3.66. The van der Waals surface area contributed by atoms with E-state index in [9.17, 15) is 0 Å². The molecule has 2 atom stereocenters. The monoisotopic (exact) mass is 129 g/mol. The van der Waals surface area contributed by atoms with Crippen molar-refractivity contribution in [2.24, 2.45) is 0 Å². The zero-order chi connectivity index (χ0) is 6.69. The van der Waals surface area contributed by atoms with Crippen LogP contribution >= 0.6 is 0 Å². The van der Waals surface area contributed by atoms with Crippen molar-refractivity contribution in [3.63, 3.8) is 0 Å². The molecule has 9 heavy (non-hydrogen) atoms. The number of rotatable bonds is 1. The third-order valence-corrected chi connectivity index (χ3v) is 1.93. The van der Waals surface area contributed by atoms with Crippen LogP contribution in [0, 0.1) is 0 Å². The van der Waals surface area contributed by atoms with Gasteiger partial charge in [0.1, 0.15) is 0 Å². The molecule has 0 saturated carbocycles. The second-order valence-electron chi connectivity index (χ2n) is 2.88. The van der Waals surface area contributed by atoms with Crippen LogP contribution in [0.4, 0.5) is 0 Å². The van der Waals surface area contributed by atoms with Gasteiger partial charge in [0, 0.05) is 12.1 Å². The van der Waals surface area contributed by atoms with Gasteiger partial charge in [-0.15, -0.1) is 0 Å². The van der Waals surface area contributed by atoms with E-state index in [1.807, 2.05) is 0 Å². The molecule has 54 valence electrons. The highest BCUT2D eigenvalue weighted by Crippen LogP contribution is 2.10. The standard InChI is InChI=1S/C7H15NO/c1-6-3-2-4-7(5-9)8-6/h6-9H,2-5H2,1H3/t6-,7?/m1/s1. The number of piperidine rings is 1. The van der Waals surface area contributed by atoms with Crippen LogP contribution in [-0.2, 0) is 0 Å². The fourth-order valence-electron chi connectivity index (χ4n) is 1.38. The minimum atomic E-state index is 0.296. The molecule has 2 nitrogen and oxygen atoms in total. The summed E-state index contributed by atoms with van der Waals surface area (Å²) >= 11 is 0. The molecule has 0 radical (unpaired) electrons. The van der Waals surface area contributed by atoms with Gasteiger partial charge in [-0.05, 0) is 19.8 Å². The molecule has 0 aromatic heterocycles. The Bertz CT molecular complexity index is 85.0. The van der Waals surface area contributed by atoms with E-state index in [1.54, 1.807) is 0 Å². The molecule has 0 aromatic rings. The second kappa shape index (κ2) is 3.18. The Hall–Kier alpha value is -0.0800. The highest BCUT2D eigenvalue weighted by molar-refractivity contribution is 4.76. The Balaban J connectivity index is 2.23. The van der Waals surface area contributed by atoms with E-state index in [4.69, 9.17) is 5.11 Å². The van der Waals surface area contributed by atoms with E-state index in [1.165, 1.54) is 12.8 Å². The lowest BCUT2D eigenvalue weighted by atomic mass is 10.0. The van der Waals surface area contributed by atoms with Crippen molar-refractivity contribution < 1.29 is 5.11 Å². The van der Waals surface area contributed by atoms with E-state index in [-0.39, 0.29) is 0 Å². The first-order valence-electron chi connectivity index (χ1n) is 3.70. The first-order chi connectivity index (χ1) is 4.33. The molecule has 1 fully saturated rings. The SMILES string of the molecule is C[C@@H]1CCCC(CO)N1. The van der Waals surface area contributed by atoms with Crippen molar-refractivity contribution in [1.82, 2.24) is 5.32 Å². The number of hydrogen-bond acceptors (Lipinski definition) is 2. The van der Waals surface area contributed by atoms with E-state index in [2.05, 4.69) is 12.2 Å². The van der Waals surface area contributed by atoms with Gasteiger partial charge in [0.25, 0.3) is 0 Å². The van der Waals surface area contributed by atoms with Crippen LogP contribution in [-0.4, -0.2) is 23.8 Å². The Morgan fingerprint density at radius 1 is 1.56 bits per heavy atom. The van der Waals surface area contributed by atoms with Gasteiger partial charge in [-0.3, -0.25) is 0 Å². The maximum atomic E-state index is 8.75. The van der Waals surface area contributed by atoms with Crippen LogP contribution in [0.5, 0.6) is 0 Å². The molecular weight excluding hydrogens is 114 g/mol. The molecule has 1 aliphatic rings. The van der Waals surface area contributed by atoms with Gasteiger partial charge in [-0.2, -0.15) is 0 Å². The van der Waals surface area contributed by atoms with E-state index in [0.717, 1.165) is 6.42 Å². The number of nitrogens with one attached hydrogen (secondary N) is 1. The average molecular weight is 129 g/mol. The summed E-state index contributed by atoms with van der Waals surface area (Å²) in [5, 5.41) is 12.1. The highest BCUT2D eigenvalue weighted by Gasteiger charge is 2.15. The van der Waals surface area contributed by atoms with E-state index < -0.39 is 0 Å². The fraction of sp³-hybridized carbons (Fsp3) is 1.00. The third-order valence-electron chi connectivity index (χ3n) is 1.93. The molecule has 1 unspecified atom stereocenters. The second-order valence-corrected chi connectivity index (χ2v) is 2.88. The summed E-state index contributed by atoms with van der Waals surface area (Å²) in [5.74, 6) is 0. The lowest BCUT2D eigenvalue weighted by Crippen LogP contribution is -2.42. The maximum absolute atomic E-state index is 8.75. The molecule has 0 amide bonds. The summed E-state index contributed by atoms with van der Waals surface area (Å²) in [7, 11) is 0. The van der Waals surface area contributed by atoms with Gasteiger partial charge in [0.05, 0.1) is 6.61 Å². The lowest BCUT2D eigenvalue weighted by molar-refractivity contribution is 0.202. The number of aliphatic hydroxyl groups is 1. The highest BCUT2D eigenvalue weighted by atomic mass is 16.3. The smallest absolute Gasteiger partial charge is 0.0584 e. The molecule has 1 saturated heterocycles. The molecule has 2 heteroatoms. The topological polar surface area (TPSA) is 32.3 Å². The first kappa shape index (κ1) is 7.03. The van der Waals surface area contributed by atoms with Crippen molar-refractivity contribution in [3.05, 3.63) is 0 Å². The Kier molecular flexibility index (Phi) is 2.49. The molecule has 2 N–H and O–H groups in total. The maximum Gasteiger partial charge on any atom is 0.0584 e. The van der Waals surface area contributed by atoms with Crippen LogP contribution in [0.25, 0.3) is 0 Å². The summed E-state index contributed by atoms with van der Waals surface area (Å²) in [5.41, 5.74) is 0. The summed E-state index contributed by atoms with van der Waals surface area (Å²) in [6, 6.07) is 0.977. The molecule has 0 spiro atoms. The minimum absolute atomic E-state index is 0.296. The van der Waals surface area contributed by atoms with Gasteiger partial charge >= 0.3 is 0 Å². The molecule has 1 aliphatic heterocycles. The van der Waals surface area contributed by atoms with Gasteiger partial charge in [-0.1, -0.05) is 6.42 Å². The molecular formula is C7H15NO. The van der Waals surface area contributed by atoms with Gasteiger partial charge < -0.3 is 10.4 Å². The van der Waals surface area contributed by atoms with Crippen LogP contribution in [0.2, 0.25) is 0 Å². The quantitative estimate of drug-likeness (QED) is 0.540. The van der Waals surface area contributed by atoms with Gasteiger partial charge in [0.2, 0.25) is 0 Å². The molecule has 1 rings (SSSR count). The van der Waals surface area contributed by atoms with E-state index >= 15 is 0 Å². The van der Waals surface area contributed by atoms with Crippen molar-refractivity contribution in [3.8, 4) is 0 Å². The Morgan fingerprint density at radius 3 is 2.78 bits per heavy atom. The predicted octanol–water partition coefficient (Wildman–Crippen LogP) is 0.509. The third kappa shape index (κ3) is 1.95. The van der Waals surface area contributed by atoms with Crippen molar-refractivity contribution in [2.45, 2.75) is 38.3 Å². The van der Waals surface area contributed by atoms with Crippen molar-refractivity contribution >= 4 is 0 Å². The van der Waals surface area contributed by atoms with Crippen LogP contribution in [0.15, 0.2) is 0 Å². The van der Waals surface area contributed by atoms with Crippen LogP contribution in [0.3, 0.4) is 0 Å². The molecule has 0 bridgehead atoms. The van der Waals surface area contributed by atoms with Crippen LogP contribution in [0.1, 0.15) is 26.2 Å². The van der Waals surface area contributed by atoms with E-state index in [0.29, 0.717) is 18.7 Å². The minimum Gasteiger partial charge on any atom is -0.395 e. The van der Waals surface area contributed by atoms with Gasteiger partial charge in [0.15, 0.2) is 0 Å². The summed E-state index contributed by atoms with van der Waals surface area (Å²) < 4.78 is 0. The van der Waals surface area contributed by atoms with Crippen LogP contribution < -0.4 is 5.32 Å². The molecule has 0 aliphatic carbocycles. The molecule has 1 heterocycles. The fourth-order valence-corrected chi connectivity index (χ4v) is 1.38. The zero-order valence-corrected chi connectivity index (χ0v) is 5.93. The van der Waals surface area contributed by atoms with Crippen molar-refractivity contribution in [1.29, 1.82) is 0 Å². The van der Waals surface area contributed by atoms with Gasteiger partial charge in [-0.25, -0.2) is 0 Å². The predicted molar refractivity (Wildman–Crippen MR) is 37.3 cm³/mol. The Labute approximate surface area is 56.3 Å². The Morgan fingerprint density at radius 2 is 2.33 bits per heavy atom. The largest absolute Gasteiger partial charge is 0.395 e. The zero-order valence-electron chi connectivity index (χ0n) is 5.93. The number of aliphatic hydroxyl groups excluding tert-OH is 1. The average Bonchev–Trinajstić information content (AvgIpc) is 1.88.